The summed E-state index contributed by atoms with van der Waals surface area (Å²) >= 11 is 1.62. The van der Waals surface area contributed by atoms with Crippen LogP contribution in [0.3, 0.4) is 0 Å². The minimum Gasteiger partial charge on any atom is -0.496 e. The van der Waals surface area contributed by atoms with Gasteiger partial charge in [-0.1, -0.05) is 30.0 Å². The summed E-state index contributed by atoms with van der Waals surface area (Å²) in [6.07, 6.45) is 4.04. The molecule has 1 aromatic carbocycles. The number of hydrogen-bond acceptors (Lipinski definition) is 5. The third-order valence-electron chi connectivity index (χ3n) is 3.95. The summed E-state index contributed by atoms with van der Waals surface area (Å²) in [5, 5.41) is 9.50. The lowest BCUT2D eigenvalue weighted by Gasteiger charge is -2.07. The molecule has 3 aromatic heterocycles. The molecule has 126 valence electrons. The van der Waals surface area contributed by atoms with Crippen molar-refractivity contribution >= 4 is 17.4 Å². The maximum absolute atomic E-state index is 5.43. The van der Waals surface area contributed by atoms with Gasteiger partial charge in [0.25, 0.3) is 0 Å². The molecule has 0 aliphatic heterocycles. The number of benzene rings is 1. The number of methoxy groups -OCH3 is 1. The van der Waals surface area contributed by atoms with Gasteiger partial charge in [-0.05, 0) is 24.3 Å². The van der Waals surface area contributed by atoms with Gasteiger partial charge in [0.2, 0.25) is 0 Å². The molecule has 7 heteroatoms. The second-order valence-corrected chi connectivity index (χ2v) is 6.50. The van der Waals surface area contributed by atoms with Gasteiger partial charge in [-0.2, -0.15) is 0 Å². The Morgan fingerprint density at radius 3 is 2.76 bits per heavy atom. The van der Waals surface area contributed by atoms with Gasteiger partial charge in [0, 0.05) is 25.2 Å². The second-order valence-electron chi connectivity index (χ2n) is 5.55. The van der Waals surface area contributed by atoms with Gasteiger partial charge in [-0.25, -0.2) is 4.98 Å². The first-order chi connectivity index (χ1) is 12.3. The van der Waals surface area contributed by atoms with E-state index in [1.54, 1.807) is 18.9 Å². The van der Waals surface area contributed by atoms with E-state index < -0.39 is 0 Å². The molecule has 0 saturated carbocycles. The van der Waals surface area contributed by atoms with Gasteiger partial charge >= 0.3 is 0 Å². The van der Waals surface area contributed by atoms with Crippen LogP contribution in [0.4, 0.5) is 0 Å². The van der Waals surface area contributed by atoms with Crippen LogP contribution in [0.1, 0.15) is 5.69 Å². The molecule has 0 N–H and O–H groups in total. The highest BCUT2D eigenvalue weighted by Gasteiger charge is 2.15. The summed E-state index contributed by atoms with van der Waals surface area (Å²) in [6, 6.07) is 13.8. The normalized spacial score (nSPS) is 11.1. The molecule has 0 saturated heterocycles. The number of ether oxygens (including phenoxy) is 1. The first kappa shape index (κ1) is 15.7. The highest BCUT2D eigenvalue weighted by Crippen LogP contribution is 2.30. The highest BCUT2D eigenvalue weighted by molar-refractivity contribution is 7.98. The smallest absolute Gasteiger partial charge is 0.191 e. The molecule has 4 rings (SSSR count). The van der Waals surface area contributed by atoms with Crippen LogP contribution in [-0.4, -0.2) is 31.3 Å². The van der Waals surface area contributed by atoms with E-state index in [0.717, 1.165) is 39.4 Å². The Bertz CT molecular complexity index is 990. The van der Waals surface area contributed by atoms with Crippen molar-refractivity contribution in [2.75, 3.05) is 7.11 Å². The zero-order valence-electron chi connectivity index (χ0n) is 14.0. The Morgan fingerprint density at radius 1 is 1.08 bits per heavy atom. The molecule has 0 aliphatic carbocycles. The van der Waals surface area contributed by atoms with E-state index in [1.807, 2.05) is 70.9 Å². The van der Waals surface area contributed by atoms with Gasteiger partial charge in [0.1, 0.15) is 11.4 Å². The Labute approximate surface area is 149 Å². The lowest BCUT2D eigenvalue weighted by Crippen LogP contribution is -1.97. The largest absolute Gasteiger partial charge is 0.496 e. The molecule has 0 bridgehead atoms. The summed E-state index contributed by atoms with van der Waals surface area (Å²) in [7, 11) is 3.63. The third kappa shape index (κ3) is 2.98. The van der Waals surface area contributed by atoms with Gasteiger partial charge in [0.05, 0.1) is 18.4 Å². The zero-order chi connectivity index (χ0) is 17.2. The number of para-hydroxylation sites is 1. The van der Waals surface area contributed by atoms with Crippen molar-refractivity contribution in [1.82, 2.24) is 24.1 Å². The van der Waals surface area contributed by atoms with Gasteiger partial charge in [-0.3, -0.25) is 0 Å². The fourth-order valence-electron chi connectivity index (χ4n) is 2.70. The topological polar surface area (TPSA) is 57.2 Å². The van der Waals surface area contributed by atoms with Crippen molar-refractivity contribution in [3.05, 3.63) is 60.6 Å². The SMILES string of the molecule is COc1ccccc1-c1nnc(SCc2cn3ccccc3n2)n1C. The summed E-state index contributed by atoms with van der Waals surface area (Å²) in [5.41, 5.74) is 2.89. The van der Waals surface area contributed by atoms with E-state index >= 15 is 0 Å². The maximum atomic E-state index is 5.43. The molecular formula is C18H17N5OS. The quantitative estimate of drug-likeness (QED) is 0.516. The number of pyridine rings is 1. The van der Waals surface area contributed by atoms with Crippen molar-refractivity contribution in [1.29, 1.82) is 0 Å². The molecule has 4 aromatic rings. The minimum atomic E-state index is 0.736. The Kier molecular flexibility index (Phi) is 4.15. The maximum Gasteiger partial charge on any atom is 0.191 e. The molecule has 0 atom stereocenters. The van der Waals surface area contributed by atoms with Crippen LogP contribution < -0.4 is 4.74 Å². The number of fused-ring (bicyclic) bond motifs is 1. The summed E-state index contributed by atoms with van der Waals surface area (Å²) in [6.45, 7) is 0. The van der Waals surface area contributed by atoms with Crippen LogP contribution in [0.15, 0.2) is 60.0 Å². The number of imidazole rings is 1. The number of thioether (sulfide) groups is 1. The van der Waals surface area contributed by atoms with Crippen LogP contribution >= 0.6 is 11.8 Å². The number of hydrogen-bond donors (Lipinski definition) is 0. The predicted molar refractivity (Wildman–Crippen MR) is 97.7 cm³/mol. The van der Waals surface area contributed by atoms with Gasteiger partial charge < -0.3 is 13.7 Å². The van der Waals surface area contributed by atoms with E-state index in [2.05, 4.69) is 15.2 Å². The van der Waals surface area contributed by atoms with E-state index in [1.165, 1.54) is 0 Å². The summed E-state index contributed by atoms with van der Waals surface area (Å²) < 4.78 is 9.43. The molecule has 3 heterocycles. The summed E-state index contributed by atoms with van der Waals surface area (Å²) in [4.78, 5) is 4.61. The van der Waals surface area contributed by atoms with Crippen molar-refractivity contribution in [2.24, 2.45) is 7.05 Å². The minimum absolute atomic E-state index is 0.736. The monoisotopic (exact) mass is 351 g/mol. The van der Waals surface area contributed by atoms with Crippen LogP contribution in [0.5, 0.6) is 5.75 Å². The van der Waals surface area contributed by atoms with E-state index in [0.29, 0.717) is 0 Å². The molecule has 0 spiro atoms. The number of aromatic nitrogens is 5. The van der Waals surface area contributed by atoms with Crippen molar-refractivity contribution < 1.29 is 4.74 Å². The lowest BCUT2D eigenvalue weighted by atomic mass is 10.2. The molecule has 0 fully saturated rings. The Balaban J connectivity index is 1.57. The zero-order valence-corrected chi connectivity index (χ0v) is 14.8. The van der Waals surface area contributed by atoms with E-state index in [-0.39, 0.29) is 0 Å². The Hall–Kier alpha value is -2.80. The van der Waals surface area contributed by atoms with Gasteiger partial charge in [0.15, 0.2) is 11.0 Å². The van der Waals surface area contributed by atoms with Crippen LogP contribution in [0.2, 0.25) is 0 Å². The average molecular weight is 351 g/mol. The Morgan fingerprint density at radius 2 is 1.92 bits per heavy atom. The van der Waals surface area contributed by atoms with E-state index in [4.69, 9.17) is 4.74 Å². The van der Waals surface area contributed by atoms with Crippen LogP contribution in [-0.2, 0) is 12.8 Å². The molecule has 0 amide bonds. The van der Waals surface area contributed by atoms with Crippen LogP contribution in [0.25, 0.3) is 17.0 Å². The van der Waals surface area contributed by atoms with Crippen molar-refractivity contribution in [2.45, 2.75) is 10.9 Å². The molecule has 6 nitrogen and oxygen atoms in total. The molecule has 25 heavy (non-hydrogen) atoms. The average Bonchev–Trinajstić information content (AvgIpc) is 3.23. The molecule has 0 radical (unpaired) electrons. The fraction of sp³-hybridized carbons (Fsp3) is 0.167. The molecule has 0 aliphatic rings. The van der Waals surface area contributed by atoms with E-state index in [9.17, 15) is 0 Å². The standard InChI is InChI=1S/C18H17N5OS/c1-22-17(14-7-3-4-8-15(14)24-2)20-21-18(22)25-12-13-11-23-10-6-5-9-16(23)19-13/h3-11H,12H2,1-2H3. The van der Waals surface area contributed by atoms with Gasteiger partial charge in [-0.15, -0.1) is 10.2 Å². The number of nitrogens with zero attached hydrogens (tertiary/aromatic N) is 5. The number of rotatable bonds is 5. The van der Waals surface area contributed by atoms with Crippen LogP contribution in [0, 0.1) is 0 Å². The second kappa shape index (κ2) is 6.60. The molecule has 0 unspecified atom stereocenters. The fourth-order valence-corrected chi connectivity index (χ4v) is 3.49. The first-order valence-electron chi connectivity index (χ1n) is 7.84. The summed E-state index contributed by atoms with van der Waals surface area (Å²) in [5.74, 6) is 2.31. The first-order valence-corrected chi connectivity index (χ1v) is 8.83. The highest BCUT2D eigenvalue weighted by atomic mass is 32.2. The lowest BCUT2D eigenvalue weighted by molar-refractivity contribution is 0.416. The van der Waals surface area contributed by atoms with Crippen molar-refractivity contribution in [3.8, 4) is 17.1 Å². The van der Waals surface area contributed by atoms with Crippen molar-refractivity contribution in [3.63, 3.8) is 0 Å². The predicted octanol–water partition coefficient (Wildman–Crippen LogP) is 3.43. The molecular weight excluding hydrogens is 334 g/mol. The third-order valence-corrected chi connectivity index (χ3v) is 5.00.